The molecule has 6 heteroatoms. The SMILES string of the molecule is COCCN1C(=O)CC(c2ccccc2)C12CCN(C(N)=O)CC2. The van der Waals surface area contributed by atoms with Crippen molar-refractivity contribution >= 4 is 11.9 Å². The number of urea groups is 1. The molecule has 1 atom stereocenters. The number of nitrogens with two attached hydrogens (primary N) is 1. The summed E-state index contributed by atoms with van der Waals surface area (Å²) >= 11 is 0. The molecule has 0 aromatic heterocycles. The van der Waals surface area contributed by atoms with Gasteiger partial charge >= 0.3 is 6.03 Å². The summed E-state index contributed by atoms with van der Waals surface area (Å²) in [6, 6.07) is 9.84. The fourth-order valence-electron chi connectivity index (χ4n) is 4.29. The molecule has 0 aliphatic carbocycles. The minimum absolute atomic E-state index is 0.151. The number of ether oxygens (including phenoxy) is 1. The summed E-state index contributed by atoms with van der Waals surface area (Å²) < 4.78 is 5.21. The van der Waals surface area contributed by atoms with Gasteiger partial charge < -0.3 is 20.3 Å². The van der Waals surface area contributed by atoms with Crippen LogP contribution in [0.2, 0.25) is 0 Å². The minimum Gasteiger partial charge on any atom is -0.383 e. The molecule has 2 aliphatic rings. The maximum atomic E-state index is 12.7. The van der Waals surface area contributed by atoms with E-state index in [9.17, 15) is 9.59 Å². The van der Waals surface area contributed by atoms with E-state index in [1.165, 1.54) is 5.56 Å². The zero-order valence-corrected chi connectivity index (χ0v) is 14.1. The second-order valence-corrected chi connectivity index (χ2v) is 6.63. The molecule has 24 heavy (non-hydrogen) atoms. The van der Waals surface area contributed by atoms with Gasteiger partial charge in [-0.2, -0.15) is 0 Å². The summed E-state index contributed by atoms with van der Waals surface area (Å²) in [5.74, 6) is 0.325. The molecule has 130 valence electrons. The van der Waals surface area contributed by atoms with Crippen LogP contribution in [0.4, 0.5) is 4.79 Å². The highest BCUT2D eigenvalue weighted by atomic mass is 16.5. The third-order valence-corrected chi connectivity index (χ3v) is 5.53. The van der Waals surface area contributed by atoms with Crippen LogP contribution in [0.3, 0.4) is 0 Å². The summed E-state index contributed by atoms with van der Waals surface area (Å²) in [6.45, 7) is 2.30. The van der Waals surface area contributed by atoms with Crippen LogP contribution >= 0.6 is 0 Å². The first-order valence-corrected chi connectivity index (χ1v) is 8.47. The van der Waals surface area contributed by atoms with E-state index in [2.05, 4.69) is 12.1 Å². The first-order chi connectivity index (χ1) is 11.6. The molecule has 3 amide bonds. The lowest BCUT2D eigenvalue weighted by molar-refractivity contribution is -0.133. The van der Waals surface area contributed by atoms with Crippen LogP contribution in [-0.2, 0) is 9.53 Å². The Labute approximate surface area is 142 Å². The van der Waals surface area contributed by atoms with Gasteiger partial charge in [0.25, 0.3) is 0 Å². The summed E-state index contributed by atoms with van der Waals surface area (Å²) in [4.78, 5) is 27.9. The zero-order chi connectivity index (χ0) is 17.2. The standard InChI is InChI=1S/C18H25N3O3/c1-24-12-11-21-16(22)13-15(14-5-3-2-4-6-14)18(21)7-9-20(10-8-18)17(19)23/h2-6,15H,7-13H2,1H3,(H2,19,23). The van der Waals surface area contributed by atoms with Crippen LogP contribution in [0, 0.1) is 0 Å². The van der Waals surface area contributed by atoms with Gasteiger partial charge in [-0.25, -0.2) is 4.79 Å². The zero-order valence-electron chi connectivity index (χ0n) is 14.1. The normalized spacial score (nSPS) is 23.0. The Balaban J connectivity index is 1.91. The van der Waals surface area contributed by atoms with E-state index in [1.807, 2.05) is 23.1 Å². The van der Waals surface area contributed by atoms with Crippen LogP contribution in [0.25, 0.3) is 0 Å². The number of likely N-dealkylation sites (tertiary alicyclic amines) is 2. The van der Waals surface area contributed by atoms with E-state index in [1.54, 1.807) is 12.0 Å². The van der Waals surface area contributed by atoms with Crippen molar-refractivity contribution in [3.63, 3.8) is 0 Å². The Morgan fingerprint density at radius 3 is 2.54 bits per heavy atom. The first-order valence-electron chi connectivity index (χ1n) is 8.47. The van der Waals surface area contributed by atoms with Gasteiger partial charge in [0.15, 0.2) is 0 Å². The van der Waals surface area contributed by atoms with Gasteiger partial charge in [0.1, 0.15) is 0 Å². The maximum Gasteiger partial charge on any atom is 0.314 e. The number of nitrogens with zero attached hydrogens (tertiary/aromatic N) is 2. The van der Waals surface area contributed by atoms with Crippen molar-refractivity contribution < 1.29 is 14.3 Å². The number of hydrogen-bond donors (Lipinski definition) is 1. The fraction of sp³-hybridized carbons (Fsp3) is 0.556. The van der Waals surface area contributed by atoms with Crippen molar-refractivity contribution in [2.45, 2.75) is 30.7 Å². The molecule has 0 saturated carbocycles. The molecule has 2 heterocycles. The summed E-state index contributed by atoms with van der Waals surface area (Å²) in [5.41, 5.74) is 6.37. The molecular weight excluding hydrogens is 306 g/mol. The Bertz CT molecular complexity index is 597. The van der Waals surface area contributed by atoms with E-state index in [0.717, 1.165) is 12.8 Å². The van der Waals surface area contributed by atoms with E-state index in [4.69, 9.17) is 10.5 Å². The Morgan fingerprint density at radius 2 is 1.96 bits per heavy atom. The summed E-state index contributed by atoms with van der Waals surface area (Å²) in [6.07, 6.45) is 2.03. The van der Waals surface area contributed by atoms with Gasteiger partial charge in [-0.1, -0.05) is 30.3 Å². The monoisotopic (exact) mass is 331 g/mol. The van der Waals surface area contributed by atoms with Crippen molar-refractivity contribution in [3.8, 4) is 0 Å². The Kier molecular flexibility index (Phi) is 4.76. The highest BCUT2D eigenvalue weighted by Gasteiger charge is 2.54. The first kappa shape index (κ1) is 16.8. The van der Waals surface area contributed by atoms with Crippen LogP contribution in [0.1, 0.15) is 30.7 Å². The van der Waals surface area contributed by atoms with E-state index < -0.39 is 0 Å². The molecule has 2 saturated heterocycles. The van der Waals surface area contributed by atoms with E-state index in [-0.39, 0.29) is 23.4 Å². The summed E-state index contributed by atoms with van der Waals surface area (Å²) in [7, 11) is 1.65. The predicted octanol–water partition coefficient (Wildman–Crippen LogP) is 1.56. The second-order valence-electron chi connectivity index (χ2n) is 6.63. The molecule has 1 unspecified atom stereocenters. The van der Waals surface area contributed by atoms with Crippen LogP contribution in [0.5, 0.6) is 0 Å². The molecular formula is C18H25N3O3. The molecule has 2 fully saturated rings. The predicted molar refractivity (Wildman–Crippen MR) is 90.5 cm³/mol. The molecule has 2 aliphatic heterocycles. The Hall–Kier alpha value is -2.08. The van der Waals surface area contributed by atoms with Crippen molar-refractivity contribution in [3.05, 3.63) is 35.9 Å². The van der Waals surface area contributed by atoms with Gasteiger partial charge in [-0.3, -0.25) is 4.79 Å². The molecule has 2 N–H and O–H groups in total. The van der Waals surface area contributed by atoms with Gasteiger partial charge in [0, 0.05) is 39.1 Å². The summed E-state index contributed by atoms with van der Waals surface area (Å²) in [5, 5.41) is 0. The fourth-order valence-corrected chi connectivity index (χ4v) is 4.29. The largest absolute Gasteiger partial charge is 0.383 e. The smallest absolute Gasteiger partial charge is 0.314 e. The molecule has 6 nitrogen and oxygen atoms in total. The lowest BCUT2D eigenvalue weighted by Gasteiger charge is -2.47. The van der Waals surface area contributed by atoms with Crippen molar-refractivity contribution in [1.29, 1.82) is 0 Å². The lowest BCUT2D eigenvalue weighted by Crippen LogP contribution is -2.57. The number of carbonyl (C=O) groups is 2. The Morgan fingerprint density at radius 1 is 1.29 bits per heavy atom. The number of hydrogen-bond acceptors (Lipinski definition) is 3. The molecule has 1 spiro atoms. The van der Waals surface area contributed by atoms with Crippen molar-refractivity contribution in [1.82, 2.24) is 9.80 Å². The number of amides is 3. The van der Waals surface area contributed by atoms with Gasteiger partial charge in [-0.05, 0) is 18.4 Å². The number of methoxy groups -OCH3 is 1. The van der Waals surface area contributed by atoms with Crippen molar-refractivity contribution in [2.24, 2.45) is 5.73 Å². The highest BCUT2D eigenvalue weighted by Crippen LogP contribution is 2.48. The van der Waals surface area contributed by atoms with Crippen molar-refractivity contribution in [2.75, 3.05) is 33.4 Å². The maximum absolute atomic E-state index is 12.7. The van der Waals surface area contributed by atoms with Crippen LogP contribution in [-0.4, -0.2) is 60.6 Å². The molecule has 1 aromatic rings. The molecule has 1 aromatic carbocycles. The topological polar surface area (TPSA) is 75.9 Å². The molecule has 0 bridgehead atoms. The third-order valence-electron chi connectivity index (χ3n) is 5.53. The highest BCUT2D eigenvalue weighted by molar-refractivity contribution is 5.82. The van der Waals surface area contributed by atoms with E-state index in [0.29, 0.717) is 32.7 Å². The minimum atomic E-state index is -0.381. The van der Waals surface area contributed by atoms with Gasteiger partial charge in [0.05, 0.1) is 12.1 Å². The van der Waals surface area contributed by atoms with Gasteiger partial charge in [0.2, 0.25) is 5.91 Å². The number of carbonyl (C=O) groups excluding carboxylic acids is 2. The molecule has 0 radical (unpaired) electrons. The second kappa shape index (κ2) is 6.81. The quantitative estimate of drug-likeness (QED) is 0.910. The average molecular weight is 331 g/mol. The van der Waals surface area contributed by atoms with E-state index >= 15 is 0 Å². The lowest BCUT2D eigenvalue weighted by atomic mass is 9.73. The average Bonchev–Trinajstić information content (AvgIpc) is 2.86. The third kappa shape index (κ3) is 2.86. The number of primary amides is 1. The van der Waals surface area contributed by atoms with Crippen LogP contribution < -0.4 is 5.73 Å². The number of benzene rings is 1. The van der Waals surface area contributed by atoms with Gasteiger partial charge in [-0.15, -0.1) is 0 Å². The van der Waals surface area contributed by atoms with Crippen LogP contribution in [0.15, 0.2) is 30.3 Å². The number of rotatable bonds is 4. The number of piperidine rings is 1. The molecule has 3 rings (SSSR count).